The van der Waals surface area contributed by atoms with Gasteiger partial charge in [0.25, 0.3) is 5.91 Å². The van der Waals surface area contributed by atoms with Gasteiger partial charge in [-0.1, -0.05) is 23.7 Å². The van der Waals surface area contributed by atoms with Crippen LogP contribution in [-0.2, 0) is 9.84 Å². The molecule has 0 heterocycles. The predicted octanol–water partition coefficient (Wildman–Crippen LogP) is 3.20. The Morgan fingerprint density at radius 3 is 2.56 bits per heavy atom. The fourth-order valence-corrected chi connectivity index (χ4v) is 3.05. The Bertz CT molecular complexity index is 880. The normalized spacial score (nSPS) is 11.2. The van der Waals surface area contributed by atoms with Crippen molar-refractivity contribution in [2.75, 3.05) is 26.5 Å². The van der Waals surface area contributed by atoms with Crippen molar-refractivity contribution in [2.24, 2.45) is 0 Å². The van der Waals surface area contributed by atoms with Gasteiger partial charge in [-0.15, -0.1) is 0 Å². The van der Waals surface area contributed by atoms with Gasteiger partial charge in [-0.05, 0) is 42.8 Å². The highest BCUT2D eigenvalue weighted by Crippen LogP contribution is 2.18. The summed E-state index contributed by atoms with van der Waals surface area (Å²) in [7, 11) is -1.72. The van der Waals surface area contributed by atoms with E-state index in [0.29, 0.717) is 29.5 Å². The van der Waals surface area contributed by atoms with Crippen molar-refractivity contribution in [1.29, 1.82) is 0 Å². The maximum atomic E-state index is 12.6. The topological polar surface area (TPSA) is 63.7 Å². The van der Waals surface area contributed by atoms with E-state index in [1.807, 2.05) is 0 Å². The van der Waals surface area contributed by atoms with Crippen LogP contribution in [0.5, 0.6) is 5.75 Å². The summed E-state index contributed by atoms with van der Waals surface area (Å²) in [5, 5.41) is 0.579. The Balaban J connectivity index is 2.04. The first-order valence-corrected chi connectivity index (χ1v) is 9.90. The number of ether oxygens (including phenoxy) is 1. The fourth-order valence-electron chi connectivity index (χ4n) is 2.23. The van der Waals surface area contributed by atoms with E-state index in [-0.39, 0.29) is 10.8 Å². The number of rotatable bonds is 6. The van der Waals surface area contributed by atoms with Crippen LogP contribution in [-0.4, -0.2) is 45.7 Å². The predicted molar refractivity (Wildman–Crippen MR) is 98.2 cm³/mol. The smallest absolute Gasteiger partial charge is 0.254 e. The molecule has 2 rings (SSSR count). The summed E-state index contributed by atoms with van der Waals surface area (Å²) in [6, 6.07) is 11.6. The molecule has 25 heavy (non-hydrogen) atoms. The summed E-state index contributed by atoms with van der Waals surface area (Å²) in [5.41, 5.74) is 1.09. The zero-order chi connectivity index (χ0) is 18.6. The number of hydrogen-bond acceptors (Lipinski definition) is 4. The zero-order valence-corrected chi connectivity index (χ0v) is 15.9. The van der Waals surface area contributed by atoms with Crippen molar-refractivity contribution >= 4 is 27.3 Å². The van der Waals surface area contributed by atoms with Crippen LogP contribution in [0.15, 0.2) is 47.4 Å². The number of sulfone groups is 1. The lowest BCUT2D eigenvalue weighted by atomic mass is 10.1. The van der Waals surface area contributed by atoms with E-state index in [1.54, 1.807) is 44.3 Å². The van der Waals surface area contributed by atoms with Crippen molar-refractivity contribution in [3.63, 3.8) is 0 Å². The van der Waals surface area contributed by atoms with Gasteiger partial charge in [0.15, 0.2) is 9.84 Å². The number of nitrogens with zero attached hydrogens (tertiary/aromatic N) is 1. The third-order valence-corrected chi connectivity index (χ3v) is 5.05. The molecule has 2 aromatic carbocycles. The molecule has 2 aromatic rings. The molecule has 0 radical (unpaired) electrons. The molecule has 0 unspecified atom stereocenters. The van der Waals surface area contributed by atoms with E-state index in [2.05, 4.69) is 0 Å². The van der Waals surface area contributed by atoms with Crippen molar-refractivity contribution in [3.8, 4) is 5.75 Å². The lowest BCUT2D eigenvalue weighted by Gasteiger charge is -2.19. The summed E-state index contributed by atoms with van der Waals surface area (Å²) in [6.45, 7) is 2.43. The first-order chi connectivity index (χ1) is 11.7. The van der Waals surface area contributed by atoms with Gasteiger partial charge in [0, 0.05) is 23.9 Å². The van der Waals surface area contributed by atoms with Crippen LogP contribution in [0.1, 0.15) is 15.9 Å². The Morgan fingerprint density at radius 1 is 1.20 bits per heavy atom. The first kappa shape index (κ1) is 19.3. The molecular formula is C18H20ClNO4S. The minimum Gasteiger partial charge on any atom is -0.492 e. The second kappa shape index (κ2) is 7.89. The zero-order valence-electron chi connectivity index (χ0n) is 14.3. The summed E-state index contributed by atoms with van der Waals surface area (Å²) in [6.07, 6.45) is 1.12. The van der Waals surface area contributed by atoms with Crippen molar-refractivity contribution in [3.05, 3.63) is 58.6 Å². The molecule has 5 nitrogen and oxygen atoms in total. The molecule has 0 aliphatic heterocycles. The van der Waals surface area contributed by atoms with E-state index in [4.69, 9.17) is 16.3 Å². The van der Waals surface area contributed by atoms with Gasteiger partial charge in [0.05, 0.1) is 11.4 Å². The van der Waals surface area contributed by atoms with Gasteiger partial charge < -0.3 is 9.64 Å². The number of amides is 1. The van der Waals surface area contributed by atoms with Crippen LogP contribution in [0.2, 0.25) is 5.02 Å². The van der Waals surface area contributed by atoms with Crippen LogP contribution < -0.4 is 4.74 Å². The molecule has 0 saturated heterocycles. The quantitative estimate of drug-likeness (QED) is 0.770. The molecule has 0 saturated carbocycles. The minimum absolute atomic E-state index is 0.130. The largest absolute Gasteiger partial charge is 0.492 e. The maximum Gasteiger partial charge on any atom is 0.254 e. The molecule has 0 fully saturated rings. The highest BCUT2D eigenvalue weighted by Gasteiger charge is 2.17. The highest BCUT2D eigenvalue weighted by atomic mass is 35.5. The molecule has 0 aromatic heterocycles. The number of aryl methyl sites for hydroxylation is 1. The second-order valence-corrected chi connectivity index (χ2v) is 8.23. The van der Waals surface area contributed by atoms with E-state index in [9.17, 15) is 13.2 Å². The van der Waals surface area contributed by atoms with Crippen LogP contribution in [0.3, 0.4) is 0 Å². The van der Waals surface area contributed by atoms with Crippen molar-refractivity contribution < 1.29 is 17.9 Å². The molecule has 0 aliphatic rings. The lowest BCUT2D eigenvalue weighted by molar-refractivity contribution is 0.0773. The number of likely N-dealkylation sites (N-methyl/N-ethyl adjacent to an activating group) is 1. The highest BCUT2D eigenvalue weighted by molar-refractivity contribution is 7.90. The van der Waals surface area contributed by atoms with Gasteiger partial charge in [-0.2, -0.15) is 0 Å². The Labute approximate surface area is 153 Å². The summed E-state index contributed by atoms with van der Waals surface area (Å²) >= 11 is 5.89. The average Bonchev–Trinajstić information content (AvgIpc) is 2.53. The van der Waals surface area contributed by atoms with Crippen LogP contribution in [0, 0.1) is 6.92 Å². The average molecular weight is 382 g/mol. The molecule has 134 valence electrons. The first-order valence-electron chi connectivity index (χ1n) is 7.63. The van der Waals surface area contributed by atoms with Crippen LogP contribution >= 0.6 is 11.6 Å². The molecule has 0 N–H and O–H groups in total. The van der Waals surface area contributed by atoms with E-state index in [0.717, 1.165) is 11.8 Å². The number of halogens is 1. The number of carbonyl (C=O) groups is 1. The molecule has 0 bridgehead atoms. The van der Waals surface area contributed by atoms with Crippen LogP contribution in [0.25, 0.3) is 0 Å². The SMILES string of the molecule is Cc1ccc(S(C)(=O)=O)cc1C(=O)N(C)CCOc1cccc(Cl)c1. The van der Waals surface area contributed by atoms with Gasteiger partial charge in [0.2, 0.25) is 0 Å². The van der Waals surface area contributed by atoms with Crippen molar-refractivity contribution in [2.45, 2.75) is 11.8 Å². The number of carbonyl (C=O) groups excluding carboxylic acids is 1. The molecular weight excluding hydrogens is 362 g/mol. The molecule has 0 atom stereocenters. The van der Waals surface area contributed by atoms with E-state index in [1.165, 1.54) is 17.0 Å². The van der Waals surface area contributed by atoms with Crippen molar-refractivity contribution in [1.82, 2.24) is 4.90 Å². The molecule has 0 aliphatic carbocycles. The molecule has 0 spiro atoms. The van der Waals surface area contributed by atoms with E-state index < -0.39 is 9.84 Å². The van der Waals surface area contributed by atoms with E-state index >= 15 is 0 Å². The van der Waals surface area contributed by atoms with Gasteiger partial charge in [0.1, 0.15) is 12.4 Å². The number of benzene rings is 2. The Morgan fingerprint density at radius 2 is 1.92 bits per heavy atom. The molecule has 7 heteroatoms. The third kappa shape index (κ3) is 5.21. The third-order valence-electron chi connectivity index (χ3n) is 3.71. The maximum absolute atomic E-state index is 12.6. The monoisotopic (exact) mass is 381 g/mol. The van der Waals surface area contributed by atoms with Gasteiger partial charge in [-0.25, -0.2) is 8.42 Å². The summed E-state index contributed by atoms with van der Waals surface area (Å²) in [4.78, 5) is 14.2. The number of hydrogen-bond donors (Lipinski definition) is 0. The minimum atomic E-state index is -3.37. The van der Waals surface area contributed by atoms with Crippen LogP contribution in [0.4, 0.5) is 0 Å². The summed E-state index contributed by atoms with van der Waals surface area (Å²) < 4.78 is 29.0. The Hall–Kier alpha value is -2.05. The molecule has 1 amide bonds. The second-order valence-electron chi connectivity index (χ2n) is 5.78. The summed E-state index contributed by atoms with van der Waals surface area (Å²) in [5.74, 6) is 0.376. The lowest BCUT2D eigenvalue weighted by Crippen LogP contribution is -2.31. The Kier molecular flexibility index (Phi) is 6.08. The van der Waals surface area contributed by atoms with Gasteiger partial charge in [-0.3, -0.25) is 4.79 Å². The van der Waals surface area contributed by atoms with Gasteiger partial charge >= 0.3 is 0 Å². The standard InChI is InChI=1S/C18H20ClNO4S/c1-13-7-8-16(25(3,22)23)12-17(13)18(21)20(2)9-10-24-15-6-4-5-14(19)11-15/h4-8,11-12H,9-10H2,1-3H3. The fraction of sp³-hybridized carbons (Fsp3) is 0.278.